The van der Waals surface area contributed by atoms with Crippen LogP contribution in [0.5, 0.6) is 0 Å². The summed E-state index contributed by atoms with van der Waals surface area (Å²) in [6, 6.07) is 0. The van der Waals surface area contributed by atoms with Gasteiger partial charge < -0.3 is 42.3 Å². The standard InChI is InChI=1S/C14H18O.3ClH.Zr/c1-13(7-3-4-8-13)12(11-15)14(2)9-5-6-10-14;;;;/h3-10,12,15H,11H2,1-2H3;3*1H;/q;;;;+3/p-3. The van der Waals surface area contributed by atoms with Gasteiger partial charge in [-0.25, -0.2) is 0 Å². The van der Waals surface area contributed by atoms with Gasteiger partial charge in [-0.1, -0.05) is 62.5 Å². The third kappa shape index (κ3) is 4.86. The maximum absolute atomic E-state index is 9.64. The third-order valence-corrected chi connectivity index (χ3v) is 3.73. The molecule has 2 aliphatic rings. The molecule has 0 bridgehead atoms. The van der Waals surface area contributed by atoms with Gasteiger partial charge in [0.2, 0.25) is 0 Å². The van der Waals surface area contributed by atoms with Gasteiger partial charge in [-0.2, -0.15) is 0 Å². The van der Waals surface area contributed by atoms with E-state index in [9.17, 15) is 5.11 Å². The van der Waals surface area contributed by atoms with Gasteiger partial charge in [-0.3, -0.25) is 0 Å². The van der Waals surface area contributed by atoms with Crippen LogP contribution in [0.1, 0.15) is 13.8 Å². The molecule has 0 spiro atoms. The van der Waals surface area contributed by atoms with Crippen LogP contribution >= 0.6 is 0 Å². The summed E-state index contributed by atoms with van der Waals surface area (Å²) in [6.45, 7) is 4.56. The number of hydrogen-bond donors (Lipinski definition) is 1. The Bertz CT molecular complexity index is 317. The number of aliphatic hydroxyl groups is 1. The van der Waals surface area contributed by atoms with Crippen molar-refractivity contribution in [2.75, 3.05) is 6.61 Å². The van der Waals surface area contributed by atoms with Crippen LogP contribution in [0.3, 0.4) is 0 Å². The van der Waals surface area contributed by atoms with Crippen molar-refractivity contribution in [3.8, 4) is 0 Å². The minimum absolute atomic E-state index is 0. The average Bonchev–Trinajstić information content (AvgIpc) is 2.77. The fourth-order valence-corrected chi connectivity index (χ4v) is 2.69. The van der Waals surface area contributed by atoms with E-state index >= 15 is 0 Å². The molecule has 0 aliphatic heterocycles. The first-order valence-corrected chi connectivity index (χ1v) is 5.46. The third-order valence-electron chi connectivity index (χ3n) is 3.73. The molecule has 1 N–H and O–H groups in total. The fraction of sp³-hybridized carbons (Fsp3) is 0.429. The van der Waals surface area contributed by atoms with Crippen LogP contribution in [0.4, 0.5) is 0 Å². The maximum atomic E-state index is 9.64. The van der Waals surface area contributed by atoms with Gasteiger partial charge in [0.25, 0.3) is 0 Å². The molecule has 0 atom stereocenters. The summed E-state index contributed by atoms with van der Waals surface area (Å²) in [7, 11) is 0. The van der Waals surface area contributed by atoms with Crippen molar-refractivity contribution in [1.29, 1.82) is 0 Å². The van der Waals surface area contributed by atoms with E-state index in [1.807, 2.05) is 0 Å². The first-order chi connectivity index (χ1) is 7.11. The molecule has 105 valence electrons. The van der Waals surface area contributed by atoms with E-state index in [-0.39, 0.29) is 86.8 Å². The van der Waals surface area contributed by atoms with Crippen molar-refractivity contribution >= 4 is 0 Å². The summed E-state index contributed by atoms with van der Waals surface area (Å²) in [5, 5.41) is 9.64. The van der Waals surface area contributed by atoms with Crippen molar-refractivity contribution in [1.82, 2.24) is 0 Å². The zero-order valence-electron chi connectivity index (χ0n) is 11.0. The number of allylic oxidation sites excluding steroid dienone is 8. The zero-order valence-corrected chi connectivity index (χ0v) is 15.7. The minimum Gasteiger partial charge on any atom is -1.00 e. The Kier molecular flexibility index (Phi) is 12.4. The molecule has 1 radical (unpaired) electrons. The van der Waals surface area contributed by atoms with Gasteiger partial charge >= 0.3 is 26.2 Å². The molecule has 0 aromatic heterocycles. The normalized spacial score (nSPS) is 19.4. The first kappa shape index (κ1) is 24.7. The van der Waals surface area contributed by atoms with E-state index in [1.54, 1.807) is 0 Å². The molecule has 2 rings (SSSR count). The van der Waals surface area contributed by atoms with E-state index in [0.29, 0.717) is 0 Å². The molecule has 0 heterocycles. The summed E-state index contributed by atoms with van der Waals surface area (Å²) in [5.74, 6) is 0.204. The largest absolute Gasteiger partial charge is 3.00 e. The molecule has 0 amide bonds. The Balaban J connectivity index is -0.000000640. The molecule has 1 nitrogen and oxygen atoms in total. The van der Waals surface area contributed by atoms with Gasteiger partial charge in [0.05, 0.1) is 0 Å². The Morgan fingerprint density at radius 2 is 1.05 bits per heavy atom. The van der Waals surface area contributed by atoms with Crippen LogP contribution in [0.25, 0.3) is 0 Å². The molecule has 0 aromatic rings. The van der Waals surface area contributed by atoms with E-state index < -0.39 is 0 Å². The molecule has 0 saturated carbocycles. The first-order valence-electron chi connectivity index (χ1n) is 5.46. The molecular weight excluding hydrogens is 382 g/mol. The van der Waals surface area contributed by atoms with E-state index in [0.717, 1.165) is 0 Å². The van der Waals surface area contributed by atoms with Crippen molar-refractivity contribution in [2.24, 2.45) is 16.7 Å². The topological polar surface area (TPSA) is 20.2 Å². The van der Waals surface area contributed by atoms with Crippen LogP contribution in [0.2, 0.25) is 0 Å². The molecule has 19 heavy (non-hydrogen) atoms. The molecule has 5 heteroatoms. The summed E-state index contributed by atoms with van der Waals surface area (Å²) in [5.41, 5.74) is -0.0506. The average molecular weight is 400 g/mol. The quantitative estimate of drug-likeness (QED) is 0.501. The van der Waals surface area contributed by atoms with Crippen molar-refractivity contribution in [3.63, 3.8) is 0 Å². The van der Waals surface area contributed by atoms with Crippen LogP contribution in [-0.2, 0) is 26.2 Å². The summed E-state index contributed by atoms with van der Waals surface area (Å²) < 4.78 is 0. The van der Waals surface area contributed by atoms with Crippen molar-refractivity contribution in [2.45, 2.75) is 13.8 Å². The number of halogens is 3. The maximum Gasteiger partial charge on any atom is 3.00 e. The summed E-state index contributed by atoms with van der Waals surface area (Å²) in [4.78, 5) is 0. The van der Waals surface area contributed by atoms with Gasteiger partial charge in [0, 0.05) is 23.4 Å². The van der Waals surface area contributed by atoms with Crippen LogP contribution in [-0.4, -0.2) is 11.7 Å². The fourth-order valence-electron chi connectivity index (χ4n) is 2.69. The minimum atomic E-state index is -0.0253. The Hall–Kier alpha value is 0.673. The van der Waals surface area contributed by atoms with Crippen molar-refractivity contribution < 1.29 is 68.5 Å². The Morgan fingerprint density at radius 3 is 1.26 bits per heavy atom. The SMILES string of the molecule is CC1(C(CO)C2(C)C=CC=C2)C=CC=C1.[Cl-].[Cl-].[Cl-].[Zr+3]. The molecular formula is C14H18Cl3OZr. The van der Waals surface area contributed by atoms with Crippen molar-refractivity contribution in [3.05, 3.63) is 48.6 Å². The summed E-state index contributed by atoms with van der Waals surface area (Å²) in [6.07, 6.45) is 17.0. The van der Waals surface area contributed by atoms with Gasteiger partial charge in [0.15, 0.2) is 0 Å². The molecule has 0 fully saturated rings. The van der Waals surface area contributed by atoms with Crippen LogP contribution in [0, 0.1) is 16.7 Å². The number of hydrogen-bond acceptors (Lipinski definition) is 1. The van der Waals surface area contributed by atoms with Gasteiger partial charge in [-0.15, -0.1) is 0 Å². The second-order valence-electron chi connectivity index (χ2n) is 4.90. The molecule has 0 saturated heterocycles. The second kappa shape index (κ2) is 9.58. The van der Waals surface area contributed by atoms with E-state index in [4.69, 9.17) is 0 Å². The van der Waals surface area contributed by atoms with E-state index in [2.05, 4.69) is 62.5 Å². The number of rotatable bonds is 3. The van der Waals surface area contributed by atoms with E-state index in [1.165, 1.54) is 0 Å². The smallest absolute Gasteiger partial charge is 1.00 e. The van der Waals surface area contributed by atoms with Gasteiger partial charge in [-0.05, 0) is 0 Å². The summed E-state index contributed by atoms with van der Waals surface area (Å²) >= 11 is 0. The molecule has 2 aliphatic carbocycles. The second-order valence-corrected chi connectivity index (χ2v) is 4.90. The molecule has 0 aromatic carbocycles. The van der Waals surface area contributed by atoms with Crippen LogP contribution < -0.4 is 37.2 Å². The van der Waals surface area contributed by atoms with Crippen LogP contribution in [0.15, 0.2) is 48.6 Å². The van der Waals surface area contributed by atoms with Gasteiger partial charge in [0.1, 0.15) is 0 Å². The Labute approximate surface area is 153 Å². The predicted octanol–water partition coefficient (Wildman–Crippen LogP) is -6.13. The predicted molar refractivity (Wildman–Crippen MR) is 63.3 cm³/mol. The molecule has 0 unspecified atom stereocenters. The Morgan fingerprint density at radius 1 is 0.789 bits per heavy atom. The monoisotopic (exact) mass is 397 g/mol. The number of aliphatic hydroxyl groups excluding tert-OH is 1. The zero-order chi connectivity index (χ0) is 10.9.